The van der Waals surface area contributed by atoms with Gasteiger partial charge in [-0.15, -0.1) is 0 Å². The molecule has 1 aliphatic carbocycles. The van der Waals surface area contributed by atoms with E-state index in [1.54, 1.807) is 6.07 Å². The molecular formula is C16H18ClFN2O2. The first-order valence-electron chi connectivity index (χ1n) is 7.60. The molecule has 0 radical (unpaired) electrons. The summed E-state index contributed by atoms with van der Waals surface area (Å²) in [5, 5.41) is 2.51. The van der Waals surface area contributed by atoms with Crippen LogP contribution in [0.4, 0.5) is 10.1 Å². The Balaban J connectivity index is 1.66. The van der Waals surface area contributed by atoms with Crippen LogP contribution >= 0.6 is 11.6 Å². The average molecular weight is 325 g/mol. The normalized spacial score (nSPS) is 22.4. The monoisotopic (exact) mass is 324 g/mol. The van der Waals surface area contributed by atoms with Crippen LogP contribution in [0, 0.1) is 11.7 Å². The Bertz CT molecular complexity index is 602. The summed E-state index contributed by atoms with van der Waals surface area (Å²) in [6.45, 7) is 0.428. The lowest BCUT2D eigenvalue weighted by atomic mass is 10.1. The molecule has 2 amide bonds. The molecule has 1 N–H and O–H groups in total. The van der Waals surface area contributed by atoms with Gasteiger partial charge >= 0.3 is 0 Å². The predicted molar refractivity (Wildman–Crippen MR) is 82.1 cm³/mol. The number of hydrogen-bond donors (Lipinski definition) is 1. The molecule has 6 heteroatoms. The van der Waals surface area contributed by atoms with Crippen LogP contribution in [0.1, 0.15) is 32.1 Å². The topological polar surface area (TPSA) is 49.4 Å². The maximum absolute atomic E-state index is 13.8. The maximum atomic E-state index is 13.8. The van der Waals surface area contributed by atoms with Crippen molar-refractivity contribution in [3.8, 4) is 0 Å². The van der Waals surface area contributed by atoms with Crippen molar-refractivity contribution >= 4 is 29.1 Å². The van der Waals surface area contributed by atoms with Crippen molar-refractivity contribution in [1.82, 2.24) is 4.90 Å². The van der Waals surface area contributed by atoms with Crippen LogP contribution in [0.3, 0.4) is 0 Å². The number of carbonyl (C=O) groups excluding carboxylic acids is 2. The van der Waals surface area contributed by atoms with E-state index in [9.17, 15) is 14.0 Å². The van der Waals surface area contributed by atoms with Crippen molar-refractivity contribution in [3.05, 3.63) is 29.0 Å². The fourth-order valence-corrected chi connectivity index (χ4v) is 3.49. The highest BCUT2D eigenvalue weighted by Gasteiger charge is 2.38. The molecular weight excluding hydrogens is 307 g/mol. The van der Waals surface area contributed by atoms with Crippen molar-refractivity contribution in [2.24, 2.45) is 5.92 Å². The number of likely N-dealkylation sites (tertiary alicyclic amines) is 1. The molecule has 2 fully saturated rings. The second kappa shape index (κ2) is 6.24. The van der Waals surface area contributed by atoms with Gasteiger partial charge in [0.2, 0.25) is 11.8 Å². The third kappa shape index (κ3) is 2.95. The van der Waals surface area contributed by atoms with Crippen molar-refractivity contribution in [2.75, 3.05) is 11.9 Å². The Hall–Kier alpha value is -1.62. The van der Waals surface area contributed by atoms with Gasteiger partial charge in [-0.3, -0.25) is 9.59 Å². The van der Waals surface area contributed by atoms with Gasteiger partial charge in [0, 0.05) is 19.0 Å². The smallest absolute Gasteiger partial charge is 0.229 e. The number of nitrogens with one attached hydrogen (secondary N) is 1. The highest BCUT2D eigenvalue weighted by molar-refractivity contribution is 6.31. The zero-order valence-electron chi connectivity index (χ0n) is 12.1. The molecule has 1 heterocycles. The molecule has 1 aromatic carbocycles. The van der Waals surface area contributed by atoms with Gasteiger partial charge in [0.25, 0.3) is 0 Å². The Morgan fingerprint density at radius 3 is 2.77 bits per heavy atom. The summed E-state index contributed by atoms with van der Waals surface area (Å²) in [6, 6.07) is 4.73. The van der Waals surface area contributed by atoms with Crippen LogP contribution < -0.4 is 5.32 Å². The van der Waals surface area contributed by atoms with Gasteiger partial charge in [0.05, 0.1) is 16.6 Å². The summed E-state index contributed by atoms with van der Waals surface area (Å²) >= 11 is 5.70. The second-order valence-corrected chi connectivity index (χ2v) is 6.38. The average Bonchev–Trinajstić information content (AvgIpc) is 3.12. The fraction of sp³-hybridized carbons (Fsp3) is 0.500. The van der Waals surface area contributed by atoms with Gasteiger partial charge in [0.15, 0.2) is 5.82 Å². The first-order chi connectivity index (χ1) is 10.6. The highest BCUT2D eigenvalue weighted by Crippen LogP contribution is 2.30. The van der Waals surface area contributed by atoms with Gasteiger partial charge in [-0.25, -0.2) is 4.39 Å². The minimum absolute atomic E-state index is 0.0265. The van der Waals surface area contributed by atoms with Crippen molar-refractivity contribution in [3.63, 3.8) is 0 Å². The number of rotatable bonds is 3. The van der Waals surface area contributed by atoms with E-state index in [-0.39, 0.29) is 35.0 Å². The molecule has 0 aromatic heterocycles. The summed E-state index contributed by atoms with van der Waals surface area (Å²) in [5.74, 6) is -1.37. The number of anilines is 1. The van der Waals surface area contributed by atoms with Crippen LogP contribution in [0.2, 0.25) is 5.02 Å². The first-order valence-corrected chi connectivity index (χ1v) is 7.98. The molecule has 1 atom stereocenters. The molecule has 22 heavy (non-hydrogen) atoms. The number of carbonyl (C=O) groups is 2. The number of benzene rings is 1. The van der Waals surface area contributed by atoms with E-state index in [0.29, 0.717) is 6.54 Å². The number of nitrogens with zero attached hydrogens (tertiary/aromatic N) is 1. The summed E-state index contributed by atoms with van der Waals surface area (Å²) in [7, 11) is 0. The molecule has 0 bridgehead atoms. The fourth-order valence-electron chi connectivity index (χ4n) is 3.31. The Labute approximate surface area is 133 Å². The highest BCUT2D eigenvalue weighted by atomic mass is 35.5. The number of amides is 2. The van der Waals surface area contributed by atoms with Gasteiger partial charge in [-0.2, -0.15) is 0 Å². The summed E-state index contributed by atoms with van der Waals surface area (Å²) in [6.07, 6.45) is 4.51. The SMILES string of the molecule is O=C(Nc1cccc(Cl)c1F)[C@@H]1CC(=O)N(C2CCCC2)C1. The van der Waals surface area contributed by atoms with Crippen molar-refractivity contribution in [2.45, 2.75) is 38.1 Å². The molecule has 4 nitrogen and oxygen atoms in total. The zero-order valence-corrected chi connectivity index (χ0v) is 12.9. The third-order valence-electron chi connectivity index (χ3n) is 4.50. The van der Waals surface area contributed by atoms with Gasteiger partial charge in [-0.05, 0) is 25.0 Å². The van der Waals surface area contributed by atoms with E-state index in [4.69, 9.17) is 11.6 Å². The zero-order chi connectivity index (χ0) is 15.7. The van der Waals surface area contributed by atoms with E-state index in [1.807, 2.05) is 4.90 Å². The third-order valence-corrected chi connectivity index (χ3v) is 4.80. The molecule has 0 spiro atoms. The van der Waals surface area contributed by atoms with Crippen LogP contribution in [0.5, 0.6) is 0 Å². The Kier molecular flexibility index (Phi) is 4.34. The van der Waals surface area contributed by atoms with Crippen LogP contribution in [0.25, 0.3) is 0 Å². The van der Waals surface area contributed by atoms with Gasteiger partial charge in [0.1, 0.15) is 0 Å². The predicted octanol–water partition coefficient (Wildman–Crippen LogP) is 3.21. The van der Waals surface area contributed by atoms with E-state index in [1.165, 1.54) is 12.1 Å². The molecule has 118 valence electrons. The summed E-state index contributed by atoms with van der Waals surface area (Å²) < 4.78 is 13.8. The van der Waals surface area contributed by atoms with Crippen LogP contribution in [-0.4, -0.2) is 29.3 Å². The molecule has 2 aliphatic rings. The Morgan fingerprint density at radius 1 is 1.32 bits per heavy atom. The van der Waals surface area contributed by atoms with Gasteiger partial charge < -0.3 is 10.2 Å². The minimum Gasteiger partial charge on any atom is -0.339 e. The quantitative estimate of drug-likeness (QED) is 0.928. The maximum Gasteiger partial charge on any atom is 0.229 e. The molecule has 1 saturated carbocycles. The van der Waals surface area contributed by atoms with E-state index in [0.717, 1.165) is 25.7 Å². The van der Waals surface area contributed by atoms with Crippen molar-refractivity contribution in [1.29, 1.82) is 0 Å². The van der Waals surface area contributed by atoms with E-state index < -0.39 is 11.7 Å². The van der Waals surface area contributed by atoms with E-state index in [2.05, 4.69) is 5.32 Å². The first kappa shape index (κ1) is 15.3. The number of halogens is 2. The summed E-state index contributed by atoms with van der Waals surface area (Å²) in [4.78, 5) is 26.2. The lowest BCUT2D eigenvalue weighted by Gasteiger charge is -2.23. The molecule has 1 saturated heterocycles. The van der Waals surface area contributed by atoms with E-state index >= 15 is 0 Å². The molecule has 3 rings (SSSR count). The van der Waals surface area contributed by atoms with Crippen molar-refractivity contribution < 1.29 is 14.0 Å². The summed E-state index contributed by atoms with van der Waals surface area (Å²) in [5.41, 5.74) is 0.0595. The minimum atomic E-state index is -0.644. The lowest BCUT2D eigenvalue weighted by molar-refractivity contribution is -0.129. The standard InChI is InChI=1S/C16H18ClFN2O2/c17-12-6-3-7-13(15(12)18)19-16(22)10-8-14(21)20(9-10)11-4-1-2-5-11/h3,6-7,10-11H,1-2,4-5,8-9H2,(H,19,22)/t10-/m1/s1. The second-order valence-electron chi connectivity index (χ2n) is 5.98. The molecule has 1 aromatic rings. The lowest BCUT2D eigenvalue weighted by Crippen LogP contribution is -2.35. The van der Waals surface area contributed by atoms with Crippen LogP contribution in [-0.2, 0) is 9.59 Å². The van der Waals surface area contributed by atoms with Gasteiger partial charge in [-0.1, -0.05) is 30.5 Å². The Morgan fingerprint density at radius 2 is 2.05 bits per heavy atom. The molecule has 1 aliphatic heterocycles. The molecule has 0 unspecified atom stereocenters. The van der Waals surface area contributed by atoms with Crippen LogP contribution in [0.15, 0.2) is 18.2 Å². The largest absolute Gasteiger partial charge is 0.339 e. The number of hydrogen-bond acceptors (Lipinski definition) is 2.